The van der Waals surface area contributed by atoms with Crippen molar-refractivity contribution in [3.05, 3.63) is 28.8 Å². The first kappa shape index (κ1) is 8.91. The van der Waals surface area contributed by atoms with Crippen LogP contribution in [0, 0.1) is 0 Å². The molecule has 0 aliphatic carbocycles. The van der Waals surface area contributed by atoms with Crippen LogP contribution in [-0.2, 0) is 11.5 Å². The summed E-state index contributed by atoms with van der Waals surface area (Å²) in [6, 6.07) is 4.63. The molecule has 0 heterocycles. The first-order chi connectivity index (χ1) is 5.79. The Morgan fingerprint density at radius 1 is 1.58 bits per heavy atom. The summed E-state index contributed by atoms with van der Waals surface area (Å²) in [5, 5.41) is 0.170. The van der Waals surface area contributed by atoms with Crippen LogP contribution in [0.2, 0.25) is 5.02 Å². The van der Waals surface area contributed by atoms with Crippen LogP contribution in [-0.4, -0.2) is 6.08 Å². The molecule has 1 aromatic carbocycles. The molecule has 0 aliphatic heterocycles. The van der Waals surface area contributed by atoms with Gasteiger partial charge in [0.25, 0.3) is 0 Å². The smallest absolute Gasteiger partial charge is 0.240 e. The number of isocyanates is 1. The van der Waals surface area contributed by atoms with Gasteiger partial charge in [-0.25, -0.2) is 9.18 Å². The van der Waals surface area contributed by atoms with Crippen LogP contribution in [0.15, 0.2) is 23.2 Å². The molecule has 62 valence electrons. The van der Waals surface area contributed by atoms with Gasteiger partial charge in [-0.3, -0.25) is 0 Å². The molecule has 2 nitrogen and oxygen atoms in total. The van der Waals surface area contributed by atoms with E-state index in [1.54, 1.807) is 6.07 Å². The monoisotopic (exact) mass is 185 g/mol. The van der Waals surface area contributed by atoms with Crippen molar-refractivity contribution >= 4 is 23.4 Å². The predicted molar refractivity (Wildman–Crippen MR) is 44.0 cm³/mol. The molecule has 0 radical (unpaired) electrons. The van der Waals surface area contributed by atoms with Crippen LogP contribution >= 0.6 is 11.6 Å². The van der Waals surface area contributed by atoms with E-state index in [4.69, 9.17) is 11.6 Å². The standard InChI is InChI=1S/C8H5ClFNO/c9-8-6(4-10)2-1-3-7(8)11-5-12/h1-3H,4H2. The summed E-state index contributed by atoms with van der Waals surface area (Å²) in [4.78, 5) is 13.2. The maximum atomic E-state index is 12.2. The summed E-state index contributed by atoms with van der Waals surface area (Å²) in [5.74, 6) is 0. The Kier molecular flexibility index (Phi) is 2.97. The molecule has 0 saturated carbocycles. The van der Waals surface area contributed by atoms with E-state index in [-0.39, 0.29) is 10.7 Å². The Hall–Kier alpha value is -1.18. The van der Waals surface area contributed by atoms with Gasteiger partial charge in [0.2, 0.25) is 6.08 Å². The number of rotatable bonds is 2. The number of carbonyl (C=O) groups excluding carboxylic acids is 1. The van der Waals surface area contributed by atoms with Gasteiger partial charge >= 0.3 is 0 Å². The lowest BCUT2D eigenvalue weighted by Gasteiger charge is -1.99. The quantitative estimate of drug-likeness (QED) is 0.515. The van der Waals surface area contributed by atoms with Gasteiger partial charge in [0.05, 0.1) is 10.7 Å². The highest BCUT2D eigenvalue weighted by Gasteiger charge is 2.03. The molecule has 0 amide bonds. The average molecular weight is 186 g/mol. The van der Waals surface area contributed by atoms with Crippen molar-refractivity contribution in [1.82, 2.24) is 0 Å². The molecule has 1 rings (SSSR count). The molecule has 1 aromatic rings. The second-order valence-electron chi connectivity index (χ2n) is 2.09. The van der Waals surface area contributed by atoms with Crippen LogP contribution in [0.1, 0.15) is 5.56 Å². The van der Waals surface area contributed by atoms with E-state index < -0.39 is 6.67 Å². The number of hydrogen-bond donors (Lipinski definition) is 0. The fraction of sp³-hybridized carbons (Fsp3) is 0.125. The van der Waals surface area contributed by atoms with Crippen molar-refractivity contribution in [2.24, 2.45) is 4.99 Å². The molecule has 0 aromatic heterocycles. The Morgan fingerprint density at radius 3 is 2.92 bits per heavy atom. The Bertz CT molecular complexity index is 334. The van der Waals surface area contributed by atoms with Crippen LogP contribution < -0.4 is 0 Å². The lowest BCUT2D eigenvalue weighted by molar-refractivity contribution is 0.485. The van der Waals surface area contributed by atoms with E-state index in [1.165, 1.54) is 18.2 Å². The van der Waals surface area contributed by atoms with Gasteiger partial charge in [-0.05, 0) is 6.07 Å². The number of halogens is 2. The molecule has 12 heavy (non-hydrogen) atoms. The normalized spacial score (nSPS) is 9.17. The summed E-state index contributed by atoms with van der Waals surface area (Å²) < 4.78 is 12.2. The molecule has 0 spiro atoms. The second-order valence-corrected chi connectivity index (χ2v) is 2.46. The van der Waals surface area contributed by atoms with E-state index >= 15 is 0 Å². The number of nitrogens with zero attached hydrogens (tertiary/aromatic N) is 1. The van der Waals surface area contributed by atoms with Gasteiger partial charge in [-0.15, -0.1) is 0 Å². The Balaban J connectivity index is 3.22. The van der Waals surface area contributed by atoms with E-state index in [9.17, 15) is 9.18 Å². The highest BCUT2D eigenvalue weighted by molar-refractivity contribution is 6.33. The predicted octanol–water partition coefficient (Wildman–Crippen LogP) is 2.78. The fourth-order valence-electron chi connectivity index (χ4n) is 0.805. The molecule has 4 heteroatoms. The van der Waals surface area contributed by atoms with Crippen LogP contribution in [0.5, 0.6) is 0 Å². The lowest BCUT2D eigenvalue weighted by atomic mass is 10.2. The molecule has 0 unspecified atom stereocenters. The van der Waals surface area contributed by atoms with Gasteiger partial charge in [-0.2, -0.15) is 4.99 Å². The molecule has 0 saturated heterocycles. The second kappa shape index (κ2) is 4.00. The Morgan fingerprint density at radius 2 is 2.33 bits per heavy atom. The zero-order valence-corrected chi connectivity index (χ0v) is 6.81. The third kappa shape index (κ3) is 1.70. The van der Waals surface area contributed by atoms with Crippen molar-refractivity contribution < 1.29 is 9.18 Å². The van der Waals surface area contributed by atoms with Crippen LogP contribution in [0.25, 0.3) is 0 Å². The fourth-order valence-corrected chi connectivity index (χ4v) is 1.02. The van der Waals surface area contributed by atoms with Gasteiger partial charge in [0.1, 0.15) is 6.67 Å². The zero-order chi connectivity index (χ0) is 8.97. The molecule has 0 N–H and O–H groups in total. The third-order valence-corrected chi connectivity index (χ3v) is 1.80. The highest BCUT2D eigenvalue weighted by atomic mass is 35.5. The van der Waals surface area contributed by atoms with Gasteiger partial charge < -0.3 is 0 Å². The summed E-state index contributed by atoms with van der Waals surface area (Å²) in [6.45, 7) is -0.666. The minimum atomic E-state index is -0.666. The lowest BCUT2D eigenvalue weighted by Crippen LogP contribution is -1.79. The molecule has 0 aliphatic rings. The zero-order valence-electron chi connectivity index (χ0n) is 6.05. The maximum Gasteiger partial charge on any atom is 0.240 e. The van der Waals surface area contributed by atoms with Crippen LogP contribution in [0.4, 0.5) is 10.1 Å². The topological polar surface area (TPSA) is 29.4 Å². The molecule has 0 atom stereocenters. The van der Waals surface area contributed by atoms with Crippen molar-refractivity contribution in [1.29, 1.82) is 0 Å². The van der Waals surface area contributed by atoms with E-state index in [2.05, 4.69) is 4.99 Å². The maximum absolute atomic E-state index is 12.2. The minimum Gasteiger partial charge on any atom is -0.246 e. The van der Waals surface area contributed by atoms with E-state index in [0.29, 0.717) is 5.56 Å². The van der Waals surface area contributed by atoms with E-state index in [1.807, 2.05) is 0 Å². The summed E-state index contributed by atoms with van der Waals surface area (Å²) in [7, 11) is 0. The first-order valence-electron chi connectivity index (χ1n) is 3.21. The van der Waals surface area contributed by atoms with Crippen LogP contribution in [0.3, 0.4) is 0 Å². The van der Waals surface area contributed by atoms with Crippen molar-refractivity contribution in [3.8, 4) is 0 Å². The summed E-state index contributed by atoms with van der Waals surface area (Å²) in [6.07, 6.45) is 1.34. The number of hydrogen-bond acceptors (Lipinski definition) is 2. The van der Waals surface area contributed by atoms with Gasteiger partial charge in [0, 0.05) is 5.56 Å². The van der Waals surface area contributed by atoms with Crippen molar-refractivity contribution in [3.63, 3.8) is 0 Å². The first-order valence-corrected chi connectivity index (χ1v) is 3.58. The number of alkyl halides is 1. The Labute approximate surface area is 73.7 Å². The largest absolute Gasteiger partial charge is 0.246 e. The van der Waals surface area contributed by atoms with E-state index in [0.717, 1.165) is 0 Å². The van der Waals surface area contributed by atoms with Gasteiger partial charge in [-0.1, -0.05) is 23.7 Å². The number of aliphatic imine (C=N–C) groups is 1. The summed E-state index contributed by atoms with van der Waals surface area (Å²) in [5.41, 5.74) is 0.579. The number of benzene rings is 1. The molecule has 0 fully saturated rings. The highest BCUT2D eigenvalue weighted by Crippen LogP contribution is 2.28. The average Bonchev–Trinajstić information content (AvgIpc) is 2.09. The van der Waals surface area contributed by atoms with Crippen molar-refractivity contribution in [2.45, 2.75) is 6.67 Å². The molecular formula is C8H5ClFNO. The third-order valence-electron chi connectivity index (χ3n) is 1.37. The summed E-state index contributed by atoms with van der Waals surface area (Å²) >= 11 is 5.68. The van der Waals surface area contributed by atoms with Crippen molar-refractivity contribution in [2.75, 3.05) is 0 Å². The SMILES string of the molecule is O=C=Nc1cccc(CF)c1Cl. The molecule has 0 bridgehead atoms. The van der Waals surface area contributed by atoms with Gasteiger partial charge in [0.15, 0.2) is 0 Å². The molecular weight excluding hydrogens is 181 g/mol. The minimum absolute atomic E-state index is 0.170.